The zero-order chi connectivity index (χ0) is 21.8. The van der Waals surface area contributed by atoms with Crippen LogP contribution in [0.1, 0.15) is 115 Å². The molecule has 1 aromatic rings. The number of quaternary nitrogens is 1. The Morgan fingerprint density at radius 1 is 0.613 bits per heavy atom. The highest BCUT2D eigenvalue weighted by molar-refractivity contribution is 5.55. The van der Waals surface area contributed by atoms with Crippen LogP contribution in [0.15, 0.2) is 30.3 Å². The summed E-state index contributed by atoms with van der Waals surface area (Å²) < 4.78 is -0.109. The number of halogens is 1. The van der Waals surface area contributed by atoms with E-state index < -0.39 is 0 Å². The van der Waals surface area contributed by atoms with Crippen LogP contribution < -0.4 is 12.4 Å². The first-order chi connectivity index (χ1) is 14.8. The van der Waals surface area contributed by atoms with E-state index in [9.17, 15) is 9.59 Å². The maximum absolute atomic E-state index is 11.6. The minimum absolute atomic E-state index is 0. The zero-order valence-electron chi connectivity index (χ0n) is 19.9. The molecule has 0 atom stereocenters. The van der Waals surface area contributed by atoms with Gasteiger partial charge in [0, 0.05) is 5.56 Å². The summed E-state index contributed by atoms with van der Waals surface area (Å²) in [6, 6.07) is 9.82. The van der Waals surface area contributed by atoms with Gasteiger partial charge in [0.2, 0.25) is 0 Å². The Balaban J connectivity index is 0.00000900. The number of rotatable bonds is 21. The van der Waals surface area contributed by atoms with Gasteiger partial charge in [-0.15, -0.1) is 0 Å². The van der Waals surface area contributed by atoms with Crippen molar-refractivity contribution in [3.8, 4) is 0 Å². The van der Waals surface area contributed by atoms with Gasteiger partial charge < -0.3 is 12.4 Å². The van der Waals surface area contributed by atoms with Gasteiger partial charge in [0.05, 0.1) is 6.54 Å². The van der Waals surface area contributed by atoms with Gasteiger partial charge in [-0.1, -0.05) is 127 Å². The lowest BCUT2D eigenvalue weighted by Crippen LogP contribution is -3.00. The molecule has 0 saturated carbocycles. The van der Waals surface area contributed by atoms with Crippen molar-refractivity contribution in [3.05, 3.63) is 35.9 Å². The Bertz CT molecular complexity index is 527. The van der Waals surface area contributed by atoms with Gasteiger partial charge in [0.15, 0.2) is 0 Å². The minimum atomic E-state index is -0.109. The first-order valence-corrected chi connectivity index (χ1v) is 12.6. The molecular formula is C27H46ClNO2. The van der Waals surface area contributed by atoms with Crippen molar-refractivity contribution in [1.82, 2.24) is 0 Å². The van der Waals surface area contributed by atoms with E-state index in [1.807, 2.05) is 30.3 Å². The van der Waals surface area contributed by atoms with Crippen LogP contribution in [-0.2, 0) is 16.1 Å². The van der Waals surface area contributed by atoms with Crippen molar-refractivity contribution >= 4 is 12.8 Å². The first kappa shape index (κ1) is 29.8. The van der Waals surface area contributed by atoms with E-state index in [0.717, 1.165) is 31.2 Å². The number of unbranched alkanes of at least 4 members (excludes halogenated alkanes) is 15. The molecule has 3 nitrogen and oxygen atoms in total. The van der Waals surface area contributed by atoms with Crippen molar-refractivity contribution in [3.63, 3.8) is 0 Å². The Morgan fingerprint density at radius 2 is 1.00 bits per heavy atom. The van der Waals surface area contributed by atoms with E-state index >= 15 is 0 Å². The molecule has 1 aromatic carbocycles. The van der Waals surface area contributed by atoms with Crippen LogP contribution in [0.3, 0.4) is 0 Å². The third-order valence-corrected chi connectivity index (χ3v) is 6.17. The van der Waals surface area contributed by atoms with Gasteiger partial charge in [0.25, 0.3) is 0 Å². The fraction of sp³-hybridized carbons (Fsp3) is 0.704. The number of carbonyl (C=O) groups excluding carboxylic acids is 2. The highest BCUT2D eigenvalue weighted by Gasteiger charge is 2.26. The SMILES string of the molecule is CCCCCCCCCCCCCCCCCC[N+](C=O)(C=O)Cc1ccccc1.[Cl-]. The molecule has 0 aliphatic carbocycles. The molecule has 0 bridgehead atoms. The molecule has 31 heavy (non-hydrogen) atoms. The average molecular weight is 452 g/mol. The molecular weight excluding hydrogens is 406 g/mol. The molecule has 0 spiro atoms. The predicted octanol–water partition coefficient (Wildman–Crippen LogP) is 4.58. The van der Waals surface area contributed by atoms with E-state index in [0.29, 0.717) is 13.1 Å². The van der Waals surface area contributed by atoms with Crippen LogP contribution in [0, 0.1) is 0 Å². The molecule has 0 radical (unpaired) electrons. The lowest BCUT2D eigenvalue weighted by atomic mass is 10.0. The minimum Gasteiger partial charge on any atom is -1.00 e. The summed E-state index contributed by atoms with van der Waals surface area (Å²) in [4.78, 5) is 23.2. The van der Waals surface area contributed by atoms with Crippen molar-refractivity contribution in [2.75, 3.05) is 6.54 Å². The molecule has 0 N–H and O–H groups in total. The van der Waals surface area contributed by atoms with Gasteiger partial charge >= 0.3 is 12.8 Å². The second kappa shape index (κ2) is 20.7. The topological polar surface area (TPSA) is 34.1 Å². The van der Waals surface area contributed by atoms with Crippen LogP contribution >= 0.6 is 0 Å². The maximum atomic E-state index is 11.6. The Labute approximate surface area is 198 Å². The number of carbonyl (C=O) groups is 2. The summed E-state index contributed by atoms with van der Waals surface area (Å²) in [6.45, 7) is 3.35. The molecule has 1 rings (SSSR count). The van der Waals surface area contributed by atoms with E-state index in [4.69, 9.17) is 0 Å². The maximum Gasteiger partial charge on any atom is 0.308 e. The molecule has 2 amide bonds. The van der Waals surface area contributed by atoms with Crippen molar-refractivity contribution in [2.24, 2.45) is 0 Å². The van der Waals surface area contributed by atoms with Crippen LogP contribution in [0.4, 0.5) is 0 Å². The molecule has 178 valence electrons. The highest BCUT2D eigenvalue weighted by Crippen LogP contribution is 2.15. The molecule has 0 unspecified atom stereocenters. The molecule has 0 saturated heterocycles. The largest absolute Gasteiger partial charge is 1.00 e. The smallest absolute Gasteiger partial charge is 0.308 e. The fourth-order valence-electron chi connectivity index (χ4n) is 4.16. The van der Waals surface area contributed by atoms with Gasteiger partial charge in [-0.2, -0.15) is 4.48 Å². The number of imide groups is 1. The van der Waals surface area contributed by atoms with E-state index in [1.165, 1.54) is 89.9 Å². The molecule has 0 fully saturated rings. The summed E-state index contributed by atoms with van der Waals surface area (Å²) in [5.41, 5.74) is 1.04. The molecule has 0 heterocycles. The number of amides is 2. The lowest BCUT2D eigenvalue weighted by Gasteiger charge is -2.24. The van der Waals surface area contributed by atoms with Crippen molar-refractivity contribution in [1.29, 1.82) is 0 Å². The van der Waals surface area contributed by atoms with Crippen LogP contribution in [0.2, 0.25) is 0 Å². The number of nitrogens with zero attached hydrogens (tertiary/aromatic N) is 1. The van der Waals surface area contributed by atoms with Crippen molar-refractivity contribution in [2.45, 2.75) is 116 Å². The normalized spacial score (nSPS) is 11.1. The van der Waals surface area contributed by atoms with E-state index in [2.05, 4.69) is 6.92 Å². The summed E-state index contributed by atoms with van der Waals surface area (Å²) in [7, 11) is 0. The third kappa shape index (κ3) is 15.3. The van der Waals surface area contributed by atoms with Gasteiger partial charge in [-0.05, 0) is 12.8 Å². The van der Waals surface area contributed by atoms with Crippen LogP contribution in [0.5, 0.6) is 0 Å². The van der Waals surface area contributed by atoms with Crippen LogP contribution in [-0.4, -0.2) is 23.8 Å². The Kier molecular flexibility index (Phi) is 19.9. The zero-order valence-corrected chi connectivity index (χ0v) is 20.7. The quantitative estimate of drug-likeness (QED) is 0.156. The average Bonchev–Trinajstić information content (AvgIpc) is 2.78. The van der Waals surface area contributed by atoms with Gasteiger partial charge in [0.1, 0.15) is 6.54 Å². The molecule has 0 aromatic heterocycles. The fourth-order valence-corrected chi connectivity index (χ4v) is 4.16. The van der Waals surface area contributed by atoms with Gasteiger partial charge in [-0.25, -0.2) is 9.59 Å². The number of benzene rings is 1. The first-order valence-electron chi connectivity index (χ1n) is 12.6. The second-order valence-corrected chi connectivity index (χ2v) is 8.98. The molecule has 0 aliphatic heterocycles. The molecule has 0 aliphatic rings. The van der Waals surface area contributed by atoms with Gasteiger partial charge in [-0.3, -0.25) is 0 Å². The monoisotopic (exact) mass is 451 g/mol. The van der Waals surface area contributed by atoms with Crippen LogP contribution in [0.25, 0.3) is 0 Å². The van der Waals surface area contributed by atoms with Crippen molar-refractivity contribution < 1.29 is 26.5 Å². The molecule has 4 heteroatoms. The van der Waals surface area contributed by atoms with E-state index in [1.54, 1.807) is 0 Å². The third-order valence-electron chi connectivity index (χ3n) is 6.17. The predicted molar refractivity (Wildman–Crippen MR) is 127 cm³/mol. The summed E-state index contributed by atoms with van der Waals surface area (Å²) >= 11 is 0. The number of hydrogen-bond donors (Lipinski definition) is 0. The second-order valence-electron chi connectivity index (χ2n) is 8.98. The Hall–Kier alpha value is -1.19. The highest BCUT2D eigenvalue weighted by atomic mass is 35.5. The summed E-state index contributed by atoms with van der Waals surface area (Å²) in [6.07, 6.45) is 22.9. The number of hydrogen-bond acceptors (Lipinski definition) is 2. The lowest BCUT2D eigenvalue weighted by molar-refractivity contribution is -0.774. The Morgan fingerprint density at radius 3 is 1.39 bits per heavy atom. The van der Waals surface area contributed by atoms with E-state index in [-0.39, 0.29) is 16.9 Å². The summed E-state index contributed by atoms with van der Waals surface area (Å²) in [5.74, 6) is 0. The standard InChI is InChI=1S/C27H46NO2.ClH/c1-2-3-4-5-6-7-8-9-10-11-12-13-14-15-16-20-23-28(25-29,26-30)24-27-21-18-17-19-22-27;/h17-19,21-22,25-26H,2-16,20,23-24H2,1H3;1H/q+1;/p-1. The summed E-state index contributed by atoms with van der Waals surface area (Å²) in [5, 5.41) is 0.